The first kappa shape index (κ1) is 13.5. The second-order valence-corrected chi connectivity index (χ2v) is 5.83. The van der Waals surface area contributed by atoms with Crippen molar-refractivity contribution >= 4 is 15.7 Å². The molecule has 0 spiro atoms. The lowest BCUT2D eigenvalue weighted by molar-refractivity contribution is 0.597. The second kappa shape index (κ2) is 5.69. The smallest absolute Gasteiger partial charge is 0.248 e. The number of hydrogen-bond acceptors (Lipinski definition) is 3. The Kier molecular flexibility index (Phi) is 4.53. The molecule has 0 aliphatic heterocycles. The SMILES string of the molecule is CCCc1ccccc1NS(=O)(=O)C(C)C#N. The van der Waals surface area contributed by atoms with Crippen LogP contribution in [0.1, 0.15) is 25.8 Å². The topological polar surface area (TPSA) is 70.0 Å². The third-order valence-electron chi connectivity index (χ3n) is 2.44. The quantitative estimate of drug-likeness (QED) is 0.874. The van der Waals surface area contributed by atoms with Gasteiger partial charge in [0.15, 0.2) is 5.25 Å². The van der Waals surface area contributed by atoms with E-state index in [1.807, 2.05) is 19.1 Å². The van der Waals surface area contributed by atoms with Gasteiger partial charge in [0.25, 0.3) is 0 Å². The highest BCUT2D eigenvalue weighted by Crippen LogP contribution is 2.19. The largest absolute Gasteiger partial charge is 0.282 e. The van der Waals surface area contributed by atoms with Crippen molar-refractivity contribution in [3.8, 4) is 6.07 Å². The van der Waals surface area contributed by atoms with E-state index in [2.05, 4.69) is 4.72 Å². The van der Waals surface area contributed by atoms with Crippen molar-refractivity contribution in [1.82, 2.24) is 0 Å². The van der Waals surface area contributed by atoms with Gasteiger partial charge >= 0.3 is 0 Å². The minimum absolute atomic E-state index is 0.566. The summed E-state index contributed by atoms with van der Waals surface area (Å²) in [7, 11) is -3.62. The van der Waals surface area contributed by atoms with Crippen LogP contribution in [0.5, 0.6) is 0 Å². The molecule has 0 aromatic heterocycles. The molecule has 17 heavy (non-hydrogen) atoms. The van der Waals surface area contributed by atoms with Gasteiger partial charge in [0.05, 0.1) is 11.8 Å². The summed E-state index contributed by atoms with van der Waals surface area (Å²) in [5.41, 5.74) is 1.51. The standard InChI is InChI=1S/C12H16N2O2S/c1-3-6-11-7-4-5-8-12(11)14-17(15,16)10(2)9-13/h4-5,7-8,10,14H,3,6H2,1-2H3. The summed E-state index contributed by atoms with van der Waals surface area (Å²) in [4.78, 5) is 0. The highest BCUT2D eigenvalue weighted by atomic mass is 32.2. The summed E-state index contributed by atoms with van der Waals surface area (Å²) in [6.07, 6.45) is 1.74. The van der Waals surface area contributed by atoms with Crippen LogP contribution in [0.3, 0.4) is 0 Å². The van der Waals surface area contributed by atoms with Gasteiger partial charge in [-0.3, -0.25) is 4.72 Å². The Morgan fingerprint density at radius 2 is 2.06 bits per heavy atom. The van der Waals surface area contributed by atoms with Crippen molar-refractivity contribution in [2.75, 3.05) is 4.72 Å². The maximum absolute atomic E-state index is 11.8. The van der Waals surface area contributed by atoms with Crippen molar-refractivity contribution in [2.45, 2.75) is 31.9 Å². The lowest BCUT2D eigenvalue weighted by Gasteiger charge is -2.12. The molecule has 0 fully saturated rings. The Hall–Kier alpha value is -1.54. The number of para-hydroxylation sites is 1. The summed E-state index contributed by atoms with van der Waals surface area (Å²) < 4.78 is 26.0. The van der Waals surface area contributed by atoms with Crippen LogP contribution < -0.4 is 4.72 Å². The van der Waals surface area contributed by atoms with E-state index in [-0.39, 0.29) is 0 Å². The number of anilines is 1. The molecular formula is C12H16N2O2S. The number of nitrogens with zero attached hydrogens (tertiary/aromatic N) is 1. The molecule has 1 atom stereocenters. The first-order chi connectivity index (χ1) is 8.01. The zero-order chi connectivity index (χ0) is 12.9. The van der Waals surface area contributed by atoms with E-state index in [4.69, 9.17) is 5.26 Å². The van der Waals surface area contributed by atoms with Crippen molar-refractivity contribution in [3.63, 3.8) is 0 Å². The summed E-state index contributed by atoms with van der Waals surface area (Å²) in [6, 6.07) is 8.97. The molecule has 5 heteroatoms. The van der Waals surface area contributed by atoms with Gasteiger partial charge < -0.3 is 0 Å². The fourth-order valence-corrected chi connectivity index (χ4v) is 2.24. The summed E-state index contributed by atoms with van der Waals surface area (Å²) >= 11 is 0. The number of nitrogens with one attached hydrogen (secondary N) is 1. The molecule has 1 aromatic carbocycles. The summed E-state index contributed by atoms with van der Waals surface area (Å²) in [6.45, 7) is 3.40. The summed E-state index contributed by atoms with van der Waals surface area (Å²) in [5.74, 6) is 0. The van der Waals surface area contributed by atoms with Crippen LogP contribution in [0.2, 0.25) is 0 Å². The minimum Gasteiger partial charge on any atom is -0.282 e. The fraction of sp³-hybridized carbons (Fsp3) is 0.417. The Morgan fingerprint density at radius 1 is 1.41 bits per heavy atom. The number of benzene rings is 1. The predicted molar refractivity (Wildman–Crippen MR) is 68.1 cm³/mol. The van der Waals surface area contributed by atoms with Crippen LogP contribution in [-0.2, 0) is 16.4 Å². The van der Waals surface area contributed by atoms with Crippen LogP contribution in [0.15, 0.2) is 24.3 Å². The highest BCUT2D eigenvalue weighted by Gasteiger charge is 2.20. The molecule has 92 valence electrons. The van der Waals surface area contributed by atoms with E-state index in [0.29, 0.717) is 5.69 Å². The Balaban J connectivity index is 3.00. The monoisotopic (exact) mass is 252 g/mol. The molecule has 1 aromatic rings. The van der Waals surface area contributed by atoms with Crippen LogP contribution in [0.4, 0.5) is 5.69 Å². The van der Waals surface area contributed by atoms with E-state index >= 15 is 0 Å². The number of sulfonamides is 1. The molecule has 0 saturated carbocycles. The zero-order valence-corrected chi connectivity index (χ0v) is 10.8. The molecule has 4 nitrogen and oxygen atoms in total. The molecule has 0 amide bonds. The molecule has 0 aliphatic carbocycles. The molecule has 1 N–H and O–H groups in total. The van der Waals surface area contributed by atoms with E-state index in [1.54, 1.807) is 18.2 Å². The molecule has 0 heterocycles. The number of aryl methyl sites for hydroxylation is 1. The number of hydrogen-bond donors (Lipinski definition) is 1. The van der Waals surface area contributed by atoms with Crippen molar-refractivity contribution in [3.05, 3.63) is 29.8 Å². The lowest BCUT2D eigenvalue weighted by Crippen LogP contribution is -2.24. The van der Waals surface area contributed by atoms with Crippen molar-refractivity contribution in [1.29, 1.82) is 5.26 Å². The molecule has 1 unspecified atom stereocenters. The summed E-state index contributed by atoms with van der Waals surface area (Å²) in [5, 5.41) is 7.59. The van der Waals surface area contributed by atoms with Crippen LogP contribution in [0.25, 0.3) is 0 Å². The van der Waals surface area contributed by atoms with Crippen molar-refractivity contribution in [2.24, 2.45) is 0 Å². The van der Waals surface area contributed by atoms with Gasteiger partial charge in [-0.2, -0.15) is 5.26 Å². The maximum Gasteiger partial charge on any atom is 0.248 e. The van der Waals surface area contributed by atoms with Gasteiger partial charge in [0, 0.05) is 0 Å². The molecule has 0 saturated heterocycles. The molecule has 0 bridgehead atoms. The molecule has 0 radical (unpaired) electrons. The maximum atomic E-state index is 11.8. The first-order valence-electron chi connectivity index (χ1n) is 5.50. The van der Waals surface area contributed by atoms with E-state index in [0.717, 1.165) is 18.4 Å². The number of nitriles is 1. The van der Waals surface area contributed by atoms with Gasteiger partial charge in [-0.15, -0.1) is 0 Å². The molecular weight excluding hydrogens is 236 g/mol. The van der Waals surface area contributed by atoms with Crippen LogP contribution in [0, 0.1) is 11.3 Å². The highest BCUT2D eigenvalue weighted by molar-refractivity contribution is 7.93. The van der Waals surface area contributed by atoms with Gasteiger partial charge in [0.1, 0.15) is 0 Å². The van der Waals surface area contributed by atoms with Gasteiger partial charge in [0.2, 0.25) is 10.0 Å². The lowest BCUT2D eigenvalue weighted by atomic mass is 10.1. The van der Waals surface area contributed by atoms with E-state index in [1.165, 1.54) is 6.92 Å². The minimum atomic E-state index is -3.62. The van der Waals surface area contributed by atoms with Crippen LogP contribution in [-0.4, -0.2) is 13.7 Å². The second-order valence-electron chi connectivity index (χ2n) is 3.83. The fourth-order valence-electron chi connectivity index (χ4n) is 1.42. The van der Waals surface area contributed by atoms with Crippen LogP contribution >= 0.6 is 0 Å². The normalized spacial score (nSPS) is 12.8. The van der Waals surface area contributed by atoms with Gasteiger partial charge in [-0.05, 0) is 25.0 Å². The molecule has 1 rings (SSSR count). The average Bonchev–Trinajstić information content (AvgIpc) is 2.30. The van der Waals surface area contributed by atoms with Gasteiger partial charge in [-0.25, -0.2) is 8.42 Å². The molecule has 0 aliphatic rings. The van der Waals surface area contributed by atoms with Crippen molar-refractivity contribution < 1.29 is 8.42 Å². The number of rotatable bonds is 5. The average molecular weight is 252 g/mol. The Morgan fingerprint density at radius 3 is 2.65 bits per heavy atom. The van der Waals surface area contributed by atoms with E-state index in [9.17, 15) is 8.42 Å². The predicted octanol–water partition coefficient (Wildman–Crippen LogP) is 2.29. The Labute approximate surface area is 102 Å². The zero-order valence-electron chi connectivity index (χ0n) is 9.97. The van der Waals surface area contributed by atoms with Gasteiger partial charge in [-0.1, -0.05) is 31.5 Å². The Bertz CT molecular complexity index is 518. The first-order valence-corrected chi connectivity index (χ1v) is 7.05. The third kappa shape index (κ3) is 3.46. The van der Waals surface area contributed by atoms with E-state index < -0.39 is 15.3 Å². The third-order valence-corrected chi connectivity index (χ3v) is 3.98.